The lowest BCUT2D eigenvalue weighted by atomic mass is 10.1. The predicted molar refractivity (Wildman–Crippen MR) is 132 cm³/mol. The number of rotatable bonds is 9. The van der Waals surface area contributed by atoms with E-state index in [1.165, 1.54) is 6.92 Å². The molecule has 4 rings (SSSR count). The molecule has 0 bridgehead atoms. The topological polar surface area (TPSA) is 115 Å². The first-order chi connectivity index (χ1) is 16.9. The zero-order valence-corrected chi connectivity index (χ0v) is 19.3. The zero-order valence-electron chi connectivity index (χ0n) is 19.3. The molecule has 35 heavy (non-hydrogen) atoms. The van der Waals surface area contributed by atoms with Crippen LogP contribution in [0.25, 0.3) is 0 Å². The summed E-state index contributed by atoms with van der Waals surface area (Å²) in [7, 11) is 0. The van der Waals surface area contributed by atoms with Crippen LogP contribution in [0.4, 0.5) is 17.1 Å². The van der Waals surface area contributed by atoms with Crippen molar-refractivity contribution in [2.45, 2.75) is 13.8 Å². The van der Waals surface area contributed by atoms with Gasteiger partial charge in [0.1, 0.15) is 5.75 Å². The van der Waals surface area contributed by atoms with Gasteiger partial charge in [0.05, 0.1) is 24.4 Å². The van der Waals surface area contributed by atoms with Crippen molar-refractivity contribution in [2.75, 3.05) is 35.9 Å². The van der Waals surface area contributed by atoms with Crippen LogP contribution in [-0.2, 0) is 4.79 Å². The summed E-state index contributed by atoms with van der Waals surface area (Å²) in [4.78, 5) is 37.5. The molecular weight excluding hydrogens is 450 g/mol. The van der Waals surface area contributed by atoms with Gasteiger partial charge >= 0.3 is 0 Å². The molecule has 2 amide bonds. The number of Topliss-reactive ketones (excluding diaryl/α,β-unsaturated/α-hetero) is 1. The van der Waals surface area contributed by atoms with E-state index in [-0.39, 0.29) is 25.0 Å². The van der Waals surface area contributed by atoms with Gasteiger partial charge < -0.3 is 30.2 Å². The number of fused-ring (bicyclic) bond motifs is 1. The second kappa shape index (κ2) is 10.6. The van der Waals surface area contributed by atoms with Gasteiger partial charge in [-0.25, -0.2) is 0 Å². The van der Waals surface area contributed by atoms with Crippen LogP contribution in [0.2, 0.25) is 0 Å². The molecule has 1 aliphatic rings. The molecular formula is C26H25N3O6. The molecule has 1 aliphatic heterocycles. The van der Waals surface area contributed by atoms with Crippen molar-refractivity contribution in [1.82, 2.24) is 0 Å². The molecule has 3 aromatic rings. The number of para-hydroxylation sites is 1. The molecule has 0 unspecified atom stereocenters. The van der Waals surface area contributed by atoms with Gasteiger partial charge in [0, 0.05) is 23.0 Å². The van der Waals surface area contributed by atoms with E-state index in [1.54, 1.807) is 60.7 Å². The fourth-order valence-corrected chi connectivity index (χ4v) is 3.54. The summed E-state index contributed by atoms with van der Waals surface area (Å²) in [6.07, 6.45) is 0. The minimum absolute atomic E-state index is 0.0567. The molecule has 0 aliphatic carbocycles. The highest BCUT2D eigenvalue weighted by Crippen LogP contribution is 2.37. The van der Waals surface area contributed by atoms with E-state index in [2.05, 4.69) is 16.0 Å². The first-order valence-electron chi connectivity index (χ1n) is 11.1. The van der Waals surface area contributed by atoms with Gasteiger partial charge in [-0.2, -0.15) is 0 Å². The zero-order chi connectivity index (χ0) is 24.8. The average Bonchev–Trinajstić information content (AvgIpc) is 3.31. The molecule has 9 heteroatoms. The lowest BCUT2D eigenvalue weighted by Crippen LogP contribution is -2.24. The quantitative estimate of drug-likeness (QED) is 0.395. The number of anilines is 3. The summed E-state index contributed by atoms with van der Waals surface area (Å²) < 4.78 is 16.1. The monoisotopic (exact) mass is 475 g/mol. The van der Waals surface area contributed by atoms with Crippen molar-refractivity contribution in [3.05, 3.63) is 71.8 Å². The Morgan fingerprint density at radius 3 is 2.31 bits per heavy atom. The SMILES string of the molecule is CCOc1ccc(NC(=O)c2ccccc2NCC(=O)Nc2cc3c(cc2C(C)=O)OCO3)cc1. The molecule has 9 nitrogen and oxygen atoms in total. The number of nitrogens with one attached hydrogen (secondary N) is 3. The number of benzene rings is 3. The Hall–Kier alpha value is -4.53. The molecule has 0 spiro atoms. The first-order valence-corrected chi connectivity index (χ1v) is 11.1. The maximum atomic E-state index is 12.9. The standard InChI is InChI=1S/C26H25N3O6/c1-3-33-18-10-8-17(9-11-18)28-26(32)19-6-4-5-7-21(19)27-14-25(31)29-22-13-24-23(34-15-35-24)12-20(22)16(2)30/h4-13,27H,3,14-15H2,1-2H3,(H,28,32)(H,29,31). The van der Waals surface area contributed by atoms with Gasteiger partial charge in [-0.3, -0.25) is 14.4 Å². The Balaban J connectivity index is 1.41. The van der Waals surface area contributed by atoms with Crippen LogP contribution in [-0.4, -0.2) is 37.5 Å². The van der Waals surface area contributed by atoms with Gasteiger partial charge in [0.25, 0.3) is 5.91 Å². The third-order valence-corrected chi connectivity index (χ3v) is 5.20. The molecule has 180 valence electrons. The number of carbonyl (C=O) groups is 3. The van der Waals surface area contributed by atoms with E-state index in [0.717, 1.165) is 0 Å². The van der Waals surface area contributed by atoms with Gasteiger partial charge in [-0.05, 0) is 56.3 Å². The number of carbonyl (C=O) groups excluding carboxylic acids is 3. The number of hydrogen-bond acceptors (Lipinski definition) is 7. The largest absolute Gasteiger partial charge is 0.494 e. The van der Waals surface area contributed by atoms with E-state index in [9.17, 15) is 14.4 Å². The normalized spacial score (nSPS) is 11.5. The summed E-state index contributed by atoms with van der Waals surface area (Å²) in [5.41, 5.74) is 2.13. The Morgan fingerprint density at radius 1 is 0.886 bits per heavy atom. The Labute approximate surface area is 202 Å². The number of hydrogen-bond donors (Lipinski definition) is 3. The van der Waals surface area contributed by atoms with E-state index < -0.39 is 5.91 Å². The number of ether oxygens (including phenoxy) is 3. The lowest BCUT2D eigenvalue weighted by Gasteiger charge is -2.14. The van der Waals surface area contributed by atoms with Crippen LogP contribution in [0, 0.1) is 0 Å². The summed E-state index contributed by atoms with van der Waals surface area (Å²) in [5, 5.41) is 8.56. The third kappa shape index (κ3) is 5.70. The molecule has 3 N–H and O–H groups in total. The van der Waals surface area contributed by atoms with Crippen molar-refractivity contribution in [3.63, 3.8) is 0 Å². The molecule has 0 fully saturated rings. The Bertz CT molecular complexity index is 1260. The minimum Gasteiger partial charge on any atom is -0.494 e. The third-order valence-electron chi connectivity index (χ3n) is 5.20. The van der Waals surface area contributed by atoms with Crippen LogP contribution in [0.1, 0.15) is 34.6 Å². The molecule has 0 saturated carbocycles. The fraction of sp³-hybridized carbons (Fsp3) is 0.192. The van der Waals surface area contributed by atoms with Crippen LogP contribution >= 0.6 is 0 Å². The summed E-state index contributed by atoms with van der Waals surface area (Å²) >= 11 is 0. The van der Waals surface area contributed by atoms with Gasteiger partial charge in [-0.1, -0.05) is 12.1 Å². The smallest absolute Gasteiger partial charge is 0.257 e. The van der Waals surface area contributed by atoms with E-state index in [4.69, 9.17) is 14.2 Å². The highest BCUT2D eigenvalue weighted by Gasteiger charge is 2.20. The first kappa shape index (κ1) is 23.6. The second-order valence-corrected chi connectivity index (χ2v) is 7.67. The fourth-order valence-electron chi connectivity index (χ4n) is 3.54. The Morgan fingerprint density at radius 2 is 1.60 bits per heavy atom. The van der Waals surface area contributed by atoms with Gasteiger partial charge in [0.15, 0.2) is 17.3 Å². The maximum Gasteiger partial charge on any atom is 0.257 e. The van der Waals surface area contributed by atoms with Crippen molar-refractivity contribution in [1.29, 1.82) is 0 Å². The molecule has 0 aromatic heterocycles. The highest BCUT2D eigenvalue weighted by atomic mass is 16.7. The van der Waals surface area contributed by atoms with Crippen molar-refractivity contribution in [3.8, 4) is 17.2 Å². The summed E-state index contributed by atoms with van der Waals surface area (Å²) in [6.45, 7) is 3.80. The van der Waals surface area contributed by atoms with Crippen LogP contribution in [0.5, 0.6) is 17.2 Å². The average molecular weight is 476 g/mol. The molecule has 0 atom stereocenters. The molecule has 0 radical (unpaired) electrons. The summed E-state index contributed by atoms with van der Waals surface area (Å²) in [5.74, 6) is 0.686. The lowest BCUT2D eigenvalue weighted by molar-refractivity contribution is -0.114. The van der Waals surface area contributed by atoms with Crippen molar-refractivity contribution < 1.29 is 28.6 Å². The highest BCUT2D eigenvalue weighted by molar-refractivity contribution is 6.09. The predicted octanol–water partition coefficient (Wildman–Crippen LogP) is 4.32. The maximum absolute atomic E-state index is 12.9. The Kier molecular flexibility index (Phi) is 7.15. The molecule has 1 heterocycles. The van der Waals surface area contributed by atoms with Crippen molar-refractivity contribution >= 4 is 34.7 Å². The van der Waals surface area contributed by atoms with Crippen LogP contribution < -0.4 is 30.2 Å². The number of ketones is 1. The van der Waals surface area contributed by atoms with E-state index in [0.29, 0.717) is 52.0 Å². The molecule has 3 aromatic carbocycles. The molecule has 0 saturated heterocycles. The van der Waals surface area contributed by atoms with Crippen LogP contribution in [0.3, 0.4) is 0 Å². The summed E-state index contributed by atoms with van der Waals surface area (Å²) in [6, 6.07) is 17.1. The van der Waals surface area contributed by atoms with Crippen LogP contribution in [0.15, 0.2) is 60.7 Å². The van der Waals surface area contributed by atoms with E-state index in [1.807, 2.05) is 6.92 Å². The van der Waals surface area contributed by atoms with Gasteiger partial charge in [0.2, 0.25) is 12.7 Å². The minimum atomic E-state index is -0.395. The van der Waals surface area contributed by atoms with Crippen molar-refractivity contribution in [2.24, 2.45) is 0 Å². The van der Waals surface area contributed by atoms with E-state index >= 15 is 0 Å². The van der Waals surface area contributed by atoms with Gasteiger partial charge in [-0.15, -0.1) is 0 Å². The second-order valence-electron chi connectivity index (χ2n) is 7.67. The number of amides is 2.